The van der Waals surface area contributed by atoms with Gasteiger partial charge in [0.05, 0.1) is 11.2 Å². The van der Waals surface area contributed by atoms with E-state index in [-0.39, 0.29) is 11.4 Å². The summed E-state index contributed by atoms with van der Waals surface area (Å²) < 4.78 is 5.51. The van der Waals surface area contributed by atoms with Crippen molar-refractivity contribution in [2.24, 2.45) is 11.7 Å². The van der Waals surface area contributed by atoms with Crippen LogP contribution in [0.4, 0.5) is 0 Å². The fourth-order valence-corrected chi connectivity index (χ4v) is 1.43. The number of hydrogen-bond acceptors (Lipinski definition) is 4. The SMILES string of the molecule is CCC(C)C(C)(O)C(C)(C)O[B]/C(C=O)=C/N. The van der Waals surface area contributed by atoms with Crippen LogP contribution in [0.3, 0.4) is 0 Å². The lowest BCUT2D eigenvalue weighted by molar-refractivity contribution is -0.134. The van der Waals surface area contributed by atoms with Gasteiger partial charge in [-0.15, -0.1) is 0 Å². The highest BCUT2D eigenvalue weighted by molar-refractivity contribution is 6.45. The zero-order valence-corrected chi connectivity index (χ0v) is 11.4. The summed E-state index contributed by atoms with van der Waals surface area (Å²) in [5.41, 5.74) is 3.68. The van der Waals surface area contributed by atoms with Gasteiger partial charge in [-0.25, -0.2) is 0 Å². The lowest BCUT2D eigenvalue weighted by atomic mass is 9.74. The van der Waals surface area contributed by atoms with E-state index in [0.717, 1.165) is 6.42 Å². The highest BCUT2D eigenvalue weighted by Crippen LogP contribution is 2.33. The number of aldehydes is 1. The molecule has 0 bridgehead atoms. The molecule has 0 aromatic carbocycles. The van der Waals surface area contributed by atoms with Crippen LogP contribution in [0.2, 0.25) is 0 Å². The van der Waals surface area contributed by atoms with E-state index in [1.807, 2.05) is 13.8 Å². The molecule has 0 saturated carbocycles. The van der Waals surface area contributed by atoms with Crippen molar-refractivity contribution in [2.75, 3.05) is 0 Å². The fourth-order valence-electron chi connectivity index (χ4n) is 1.43. The lowest BCUT2D eigenvalue weighted by Gasteiger charge is -2.44. The molecule has 0 heterocycles. The molecular weight excluding hydrogens is 217 g/mol. The molecule has 0 aliphatic rings. The Morgan fingerprint density at radius 1 is 1.53 bits per heavy atom. The summed E-state index contributed by atoms with van der Waals surface area (Å²) in [4.78, 5) is 10.6. The van der Waals surface area contributed by atoms with Crippen LogP contribution in [0.1, 0.15) is 41.0 Å². The number of nitrogens with two attached hydrogens (primary N) is 1. The minimum absolute atomic E-state index is 0.0763. The van der Waals surface area contributed by atoms with Crippen LogP contribution >= 0.6 is 0 Å². The standard InChI is InChI=1S/C12H23BNO3/c1-6-9(2)12(5,16)11(3,4)17-13-10(7-14)8-15/h7-9,16H,6,14H2,1-5H3/b10-7+. The van der Waals surface area contributed by atoms with E-state index in [2.05, 4.69) is 0 Å². The average Bonchev–Trinajstić information content (AvgIpc) is 2.28. The molecule has 0 aliphatic heterocycles. The van der Waals surface area contributed by atoms with Crippen molar-refractivity contribution in [2.45, 2.75) is 52.2 Å². The van der Waals surface area contributed by atoms with Crippen molar-refractivity contribution in [1.29, 1.82) is 0 Å². The van der Waals surface area contributed by atoms with Crippen LogP contribution in [0.5, 0.6) is 0 Å². The van der Waals surface area contributed by atoms with Crippen LogP contribution < -0.4 is 5.73 Å². The van der Waals surface area contributed by atoms with Crippen molar-refractivity contribution in [3.63, 3.8) is 0 Å². The highest BCUT2D eigenvalue weighted by Gasteiger charge is 2.43. The average molecular weight is 240 g/mol. The highest BCUT2D eigenvalue weighted by atomic mass is 16.5. The van der Waals surface area contributed by atoms with Crippen molar-refractivity contribution >= 4 is 13.8 Å². The second kappa shape index (κ2) is 6.22. The number of hydrogen-bond donors (Lipinski definition) is 2. The number of carbonyl (C=O) groups is 1. The van der Waals surface area contributed by atoms with Crippen LogP contribution in [0.25, 0.3) is 0 Å². The first kappa shape index (κ1) is 16.2. The lowest BCUT2D eigenvalue weighted by Crippen LogP contribution is -2.54. The van der Waals surface area contributed by atoms with Gasteiger partial charge in [-0.1, -0.05) is 20.3 Å². The van der Waals surface area contributed by atoms with E-state index in [0.29, 0.717) is 6.29 Å². The van der Waals surface area contributed by atoms with Gasteiger partial charge in [0.15, 0.2) is 0 Å². The van der Waals surface area contributed by atoms with E-state index < -0.39 is 11.2 Å². The minimum Gasteiger partial charge on any atom is -0.426 e. The molecule has 0 saturated heterocycles. The maximum absolute atomic E-state index is 10.6. The third kappa shape index (κ3) is 3.86. The monoisotopic (exact) mass is 240 g/mol. The Morgan fingerprint density at radius 3 is 2.41 bits per heavy atom. The zero-order chi connectivity index (χ0) is 13.7. The van der Waals surface area contributed by atoms with Gasteiger partial charge in [0.25, 0.3) is 0 Å². The Balaban J connectivity index is 4.72. The predicted octanol–water partition coefficient (Wildman–Crippen LogP) is 1.20. The summed E-state index contributed by atoms with van der Waals surface area (Å²) in [6.45, 7) is 9.28. The Labute approximate surface area is 104 Å². The van der Waals surface area contributed by atoms with Gasteiger partial charge in [-0.05, 0) is 32.9 Å². The van der Waals surface area contributed by atoms with E-state index in [1.165, 1.54) is 13.7 Å². The minimum atomic E-state index is -0.999. The van der Waals surface area contributed by atoms with E-state index >= 15 is 0 Å². The third-order valence-electron chi connectivity index (χ3n) is 3.61. The van der Waals surface area contributed by atoms with Gasteiger partial charge < -0.3 is 15.5 Å². The molecule has 2 unspecified atom stereocenters. The summed E-state index contributed by atoms with van der Waals surface area (Å²) in [5, 5.41) is 10.5. The van der Waals surface area contributed by atoms with Gasteiger partial charge in [0, 0.05) is 5.47 Å². The van der Waals surface area contributed by atoms with Crippen LogP contribution in [-0.4, -0.2) is 30.1 Å². The molecule has 0 aromatic heterocycles. The number of allylic oxidation sites excluding steroid dienone is 1. The number of aliphatic hydroxyl groups is 1. The maximum atomic E-state index is 10.6. The van der Waals surface area contributed by atoms with E-state index in [1.54, 1.807) is 20.8 Å². The first-order chi connectivity index (χ1) is 7.72. The normalized spacial score (nSPS) is 18.4. The summed E-state index contributed by atoms with van der Waals surface area (Å²) >= 11 is 0. The van der Waals surface area contributed by atoms with Crippen LogP contribution in [-0.2, 0) is 9.45 Å². The molecular formula is C12H23BNO3. The Bertz CT molecular complexity index is 287. The summed E-state index contributed by atoms with van der Waals surface area (Å²) in [5.74, 6) is 0.0763. The first-order valence-electron chi connectivity index (χ1n) is 5.83. The molecule has 0 rings (SSSR count). The molecule has 2 atom stereocenters. The molecule has 0 fully saturated rings. The summed E-state index contributed by atoms with van der Waals surface area (Å²) in [7, 11) is 1.28. The van der Waals surface area contributed by atoms with Gasteiger partial charge in [-0.3, -0.25) is 4.79 Å². The second-order valence-corrected chi connectivity index (χ2v) is 4.99. The molecule has 97 valence electrons. The molecule has 5 heteroatoms. The zero-order valence-electron chi connectivity index (χ0n) is 11.4. The molecule has 3 N–H and O–H groups in total. The molecule has 17 heavy (non-hydrogen) atoms. The predicted molar refractivity (Wildman–Crippen MR) is 69.3 cm³/mol. The topological polar surface area (TPSA) is 72.5 Å². The molecule has 4 nitrogen and oxygen atoms in total. The Morgan fingerprint density at radius 2 is 2.06 bits per heavy atom. The third-order valence-corrected chi connectivity index (χ3v) is 3.61. The van der Waals surface area contributed by atoms with Crippen molar-refractivity contribution in [1.82, 2.24) is 0 Å². The quantitative estimate of drug-likeness (QED) is 0.398. The largest absolute Gasteiger partial charge is 0.426 e. The van der Waals surface area contributed by atoms with Gasteiger partial charge in [0.2, 0.25) is 0 Å². The fraction of sp³-hybridized carbons (Fsp3) is 0.750. The van der Waals surface area contributed by atoms with Crippen LogP contribution in [0, 0.1) is 5.92 Å². The van der Waals surface area contributed by atoms with Gasteiger partial charge in [0.1, 0.15) is 6.29 Å². The van der Waals surface area contributed by atoms with Crippen molar-refractivity contribution < 1.29 is 14.6 Å². The molecule has 0 amide bonds. The maximum Gasteiger partial charge on any atom is 0.335 e. The molecule has 0 spiro atoms. The molecule has 0 aromatic rings. The van der Waals surface area contributed by atoms with Gasteiger partial charge >= 0.3 is 7.48 Å². The molecule has 0 aliphatic carbocycles. The van der Waals surface area contributed by atoms with Crippen molar-refractivity contribution in [3.8, 4) is 0 Å². The van der Waals surface area contributed by atoms with Gasteiger partial charge in [-0.2, -0.15) is 0 Å². The van der Waals surface area contributed by atoms with Crippen LogP contribution in [0.15, 0.2) is 11.7 Å². The van der Waals surface area contributed by atoms with E-state index in [4.69, 9.17) is 10.4 Å². The number of carbonyl (C=O) groups excluding carboxylic acids is 1. The number of rotatable bonds is 7. The summed E-state index contributed by atoms with van der Waals surface area (Å²) in [6.07, 6.45) is 2.61. The Kier molecular flexibility index (Phi) is 5.92. The summed E-state index contributed by atoms with van der Waals surface area (Å²) in [6, 6.07) is 0. The first-order valence-corrected chi connectivity index (χ1v) is 5.83. The second-order valence-electron chi connectivity index (χ2n) is 4.99. The molecule has 1 radical (unpaired) electrons. The smallest absolute Gasteiger partial charge is 0.335 e. The Hall–Kier alpha value is -0.805. The van der Waals surface area contributed by atoms with E-state index in [9.17, 15) is 9.90 Å². The van der Waals surface area contributed by atoms with Crippen molar-refractivity contribution in [3.05, 3.63) is 11.7 Å².